The number of hydrogen-bond acceptors (Lipinski definition) is 4. The van der Waals surface area contributed by atoms with Crippen LogP contribution in [0.2, 0.25) is 0 Å². The van der Waals surface area contributed by atoms with Gasteiger partial charge in [0.25, 0.3) is 11.8 Å². The van der Waals surface area contributed by atoms with E-state index < -0.39 is 29.6 Å². The largest absolute Gasteiger partial charge is 0.416 e. The van der Waals surface area contributed by atoms with E-state index in [0.29, 0.717) is 54.1 Å². The molecule has 3 amide bonds. The molecule has 7 nitrogen and oxygen atoms in total. The number of nitrogens with zero attached hydrogens (tertiary/aromatic N) is 1. The number of benzene rings is 4. The highest BCUT2D eigenvalue weighted by atomic mass is 19.4. The minimum absolute atomic E-state index is 0.157. The van der Waals surface area contributed by atoms with Crippen LogP contribution in [0.3, 0.4) is 0 Å². The van der Waals surface area contributed by atoms with Crippen molar-refractivity contribution in [2.45, 2.75) is 18.8 Å². The predicted octanol–water partition coefficient (Wildman–Crippen LogP) is 5.63. The zero-order valence-electron chi connectivity index (χ0n) is 23.6. The highest BCUT2D eigenvalue weighted by Crippen LogP contribution is 2.32. The van der Waals surface area contributed by atoms with E-state index >= 15 is 0 Å². The van der Waals surface area contributed by atoms with E-state index in [4.69, 9.17) is 4.74 Å². The maximum absolute atomic E-state index is 13.3. The molecule has 1 unspecified atom stereocenters. The van der Waals surface area contributed by atoms with Crippen LogP contribution in [-0.2, 0) is 22.3 Å². The van der Waals surface area contributed by atoms with Crippen molar-refractivity contribution < 1.29 is 32.3 Å². The minimum atomic E-state index is -4.45. The van der Waals surface area contributed by atoms with Gasteiger partial charge in [0, 0.05) is 30.8 Å². The Bertz CT molecular complexity index is 1600. The molecule has 4 aromatic carbocycles. The fourth-order valence-corrected chi connectivity index (χ4v) is 4.94. The van der Waals surface area contributed by atoms with Crippen LogP contribution in [0, 0.1) is 0 Å². The molecular weight excluding hydrogens is 571 g/mol. The van der Waals surface area contributed by atoms with E-state index in [2.05, 4.69) is 10.6 Å². The molecule has 5 rings (SSSR count). The number of morpholine rings is 1. The number of hydrogen-bond donors (Lipinski definition) is 2. The van der Waals surface area contributed by atoms with Gasteiger partial charge in [-0.3, -0.25) is 14.4 Å². The summed E-state index contributed by atoms with van der Waals surface area (Å²) in [5, 5.41) is 5.70. The molecule has 1 aliphatic heterocycles. The van der Waals surface area contributed by atoms with Crippen LogP contribution < -0.4 is 10.6 Å². The zero-order valence-corrected chi connectivity index (χ0v) is 23.6. The van der Waals surface area contributed by atoms with Gasteiger partial charge in [0.2, 0.25) is 5.91 Å². The van der Waals surface area contributed by atoms with E-state index in [1.807, 2.05) is 18.2 Å². The molecule has 1 heterocycles. The molecule has 226 valence electrons. The fourth-order valence-electron chi connectivity index (χ4n) is 4.94. The van der Waals surface area contributed by atoms with Crippen LogP contribution in [0.5, 0.6) is 0 Å². The Hall–Kier alpha value is -4.96. The lowest BCUT2D eigenvalue weighted by molar-refractivity contribution is -0.138. The van der Waals surface area contributed by atoms with Gasteiger partial charge in [0.15, 0.2) is 0 Å². The normalized spacial score (nSPS) is 14.0. The van der Waals surface area contributed by atoms with Gasteiger partial charge in [0.05, 0.1) is 18.8 Å². The van der Waals surface area contributed by atoms with Gasteiger partial charge in [0.1, 0.15) is 6.04 Å². The predicted molar refractivity (Wildman–Crippen MR) is 159 cm³/mol. The van der Waals surface area contributed by atoms with Gasteiger partial charge in [-0.2, -0.15) is 13.2 Å². The van der Waals surface area contributed by atoms with Crippen LogP contribution in [0.25, 0.3) is 11.1 Å². The third-order valence-electron chi connectivity index (χ3n) is 7.34. The number of rotatable bonds is 8. The molecule has 0 aliphatic carbocycles. The first-order valence-electron chi connectivity index (χ1n) is 14.1. The number of amides is 3. The Kier molecular flexibility index (Phi) is 9.40. The summed E-state index contributed by atoms with van der Waals surface area (Å²) in [6, 6.07) is 26.2. The van der Waals surface area contributed by atoms with Gasteiger partial charge in [-0.25, -0.2) is 0 Å². The second-order valence-corrected chi connectivity index (χ2v) is 10.3. The van der Waals surface area contributed by atoms with Crippen molar-refractivity contribution in [1.82, 2.24) is 15.5 Å². The molecule has 1 saturated heterocycles. The van der Waals surface area contributed by atoms with Crippen LogP contribution >= 0.6 is 0 Å². The average Bonchev–Trinajstić information content (AvgIpc) is 3.06. The Balaban J connectivity index is 1.24. The first kappa shape index (κ1) is 30.5. The van der Waals surface area contributed by atoms with Crippen molar-refractivity contribution in [1.29, 1.82) is 0 Å². The summed E-state index contributed by atoms with van der Waals surface area (Å²) in [6.07, 6.45) is -4.45. The number of carbonyl (C=O) groups excluding carboxylic acids is 3. The molecule has 10 heteroatoms. The van der Waals surface area contributed by atoms with Crippen LogP contribution in [-0.4, -0.2) is 48.9 Å². The van der Waals surface area contributed by atoms with E-state index in [0.717, 1.165) is 17.7 Å². The molecule has 1 aliphatic rings. The number of ether oxygens (including phenoxy) is 1. The van der Waals surface area contributed by atoms with Gasteiger partial charge >= 0.3 is 6.18 Å². The van der Waals surface area contributed by atoms with Crippen LogP contribution in [0.15, 0.2) is 103 Å². The quantitative estimate of drug-likeness (QED) is 0.274. The summed E-state index contributed by atoms with van der Waals surface area (Å²) in [5.74, 6) is -1.01. The highest BCUT2D eigenvalue weighted by molar-refractivity contribution is 6.01. The SMILES string of the molecule is O=C(NC(C(=O)N1CCOCC1)c1ccccc1)c1ccc(CNC(=O)c2ccccc2-c2ccc(C(F)(F)F)cc2)cc1. The van der Waals surface area contributed by atoms with Crippen molar-refractivity contribution >= 4 is 17.7 Å². The van der Waals surface area contributed by atoms with Gasteiger partial charge < -0.3 is 20.3 Å². The molecule has 0 saturated carbocycles. The lowest BCUT2D eigenvalue weighted by atomic mass is 9.98. The summed E-state index contributed by atoms with van der Waals surface area (Å²) >= 11 is 0. The topological polar surface area (TPSA) is 87.7 Å². The number of alkyl halides is 3. The third-order valence-corrected chi connectivity index (χ3v) is 7.34. The summed E-state index contributed by atoms with van der Waals surface area (Å²) in [4.78, 5) is 41.3. The van der Waals surface area contributed by atoms with E-state index in [-0.39, 0.29) is 12.5 Å². The Morgan fingerprint density at radius 1 is 0.773 bits per heavy atom. The van der Waals surface area contributed by atoms with Crippen molar-refractivity contribution in [2.75, 3.05) is 26.3 Å². The van der Waals surface area contributed by atoms with Crippen molar-refractivity contribution in [3.8, 4) is 11.1 Å². The smallest absolute Gasteiger partial charge is 0.378 e. The lowest BCUT2D eigenvalue weighted by Gasteiger charge is -2.31. The summed E-state index contributed by atoms with van der Waals surface area (Å²) in [6.45, 7) is 1.95. The van der Waals surface area contributed by atoms with Crippen LogP contribution in [0.1, 0.15) is 43.4 Å². The number of halogens is 3. The molecule has 4 aromatic rings. The second-order valence-electron chi connectivity index (χ2n) is 10.3. The van der Waals surface area contributed by atoms with Gasteiger partial charge in [-0.15, -0.1) is 0 Å². The van der Waals surface area contributed by atoms with Crippen molar-refractivity contribution in [3.63, 3.8) is 0 Å². The van der Waals surface area contributed by atoms with Crippen LogP contribution in [0.4, 0.5) is 13.2 Å². The molecule has 1 fully saturated rings. The summed E-state index contributed by atoms with van der Waals surface area (Å²) < 4.78 is 44.3. The second kappa shape index (κ2) is 13.6. The molecule has 2 N–H and O–H groups in total. The first-order valence-corrected chi connectivity index (χ1v) is 14.1. The molecule has 1 atom stereocenters. The van der Waals surface area contributed by atoms with Gasteiger partial charge in [-0.05, 0) is 52.6 Å². The molecule has 44 heavy (non-hydrogen) atoms. The monoisotopic (exact) mass is 601 g/mol. The molecular formula is C34H30F3N3O4. The minimum Gasteiger partial charge on any atom is -0.378 e. The van der Waals surface area contributed by atoms with Crippen molar-refractivity contribution in [2.24, 2.45) is 0 Å². The Labute approximate surface area is 252 Å². The standard InChI is InChI=1S/C34H30F3N3O4/c35-34(36,37)27-16-14-24(15-17-27)28-8-4-5-9-29(28)32(42)38-22-23-10-12-26(13-11-23)31(41)39-30(25-6-2-1-3-7-25)33(43)40-18-20-44-21-19-40/h1-17,30H,18-22H2,(H,38,42)(H,39,41). The van der Waals surface area contributed by atoms with E-state index in [1.165, 1.54) is 12.1 Å². The highest BCUT2D eigenvalue weighted by Gasteiger charge is 2.30. The van der Waals surface area contributed by atoms with Crippen molar-refractivity contribution in [3.05, 3.63) is 131 Å². The number of nitrogens with one attached hydrogen (secondary N) is 2. The summed E-state index contributed by atoms with van der Waals surface area (Å²) in [7, 11) is 0. The maximum Gasteiger partial charge on any atom is 0.416 e. The Morgan fingerprint density at radius 3 is 2.07 bits per heavy atom. The summed E-state index contributed by atoms with van der Waals surface area (Å²) in [5.41, 5.74) is 2.30. The lowest BCUT2D eigenvalue weighted by Crippen LogP contribution is -2.47. The Morgan fingerprint density at radius 2 is 1.41 bits per heavy atom. The number of carbonyl (C=O) groups is 3. The molecule has 0 aromatic heterocycles. The average molecular weight is 602 g/mol. The third kappa shape index (κ3) is 7.33. The fraction of sp³-hybridized carbons (Fsp3) is 0.206. The van der Waals surface area contributed by atoms with Gasteiger partial charge in [-0.1, -0.05) is 72.8 Å². The molecule has 0 radical (unpaired) electrons. The molecule has 0 spiro atoms. The van der Waals surface area contributed by atoms with E-state index in [9.17, 15) is 27.6 Å². The molecule has 0 bridgehead atoms. The first-order chi connectivity index (χ1) is 21.2. The zero-order chi connectivity index (χ0) is 31.1. The van der Waals surface area contributed by atoms with E-state index in [1.54, 1.807) is 65.6 Å². The maximum atomic E-state index is 13.3.